The van der Waals surface area contributed by atoms with Gasteiger partial charge in [-0.2, -0.15) is 0 Å². The lowest BCUT2D eigenvalue weighted by atomic mass is 10.1. The van der Waals surface area contributed by atoms with Gasteiger partial charge in [0.15, 0.2) is 0 Å². The third kappa shape index (κ3) is 7.33. The Morgan fingerprint density at radius 1 is 1.23 bits per heavy atom. The minimum absolute atomic E-state index is 0.153. The summed E-state index contributed by atoms with van der Waals surface area (Å²) >= 11 is 1.21. The maximum Gasteiger partial charge on any atom is 0.264 e. The summed E-state index contributed by atoms with van der Waals surface area (Å²) in [6.45, 7) is 7.99. The van der Waals surface area contributed by atoms with E-state index in [-0.39, 0.29) is 11.8 Å². The monoisotopic (exact) mass is 378 g/mol. The highest BCUT2D eigenvalue weighted by molar-refractivity contribution is 8.06. The predicted octanol–water partition coefficient (Wildman–Crippen LogP) is 3.87. The van der Waals surface area contributed by atoms with Gasteiger partial charge in [0, 0.05) is 18.7 Å². The smallest absolute Gasteiger partial charge is 0.264 e. The van der Waals surface area contributed by atoms with Gasteiger partial charge < -0.3 is 9.64 Å². The minimum Gasteiger partial charge on any atom is -0.497 e. The fourth-order valence-corrected chi connectivity index (χ4v) is 2.79. The Bertz CT molecular complexity index is 616. The number of unbranched alkanes of at least 4 members (excludes halogenated alkanes) is 3. The molecule has 1 rings (SSSR count). The summed E-state index contributed by atoms with van der Waals surface area (Å²) in [4.78, 5) is 25.8. The predicted molar refractivity (Wildman–Crippen MR) is 105 cm³/mol. The van der Waals surface area contributed by atoms with Gasteiger partial charge in [0.05, 0.1) is 12.0 Å². The van der Waals surface area contributed by atoms with Crippen molar-refractivity contribution in [3.63, 3.8) is 0 Å². The number of carbonyl (C=O) groups excluding carboxylic acids is 2. The SMILES string of the molecule is C=CSC(=C)C(=O)N(CCCCCCC(=O)NO)c1ccc(OC)cc1. The van der Waals surface area contributed by atoms with Gasteiger partial charge >= 0.3 is 0 Å². The summed E-state index contributed by atoms with van der Waals surface area (Å²) in [5, 5.41) is 10.0. The van der Waals surface area contributed by atoms with Crippen LogP contribution < -0.4 is 15.1 Å². The van der Waals surface area contributed by atoms with Crippen LogP contribution in [-0.2, 0) is 9.59 Å². The van der Waals surface area contributed by atoms with Crippen LogP contribution in [0.15, 0.2) is 47.7 Å². The first kappa shape index (κ1) is 21.8. The molecular formula is C19H26N2O4S. The van der Waals surface area contributed by atoms with E-state index in [0.29, 0.717) is 24.3 Å². The highest BCUT2D eigenvalue weighted by Crippen LogP contribution is 2.24. The number of hydrogen-bond donors (Lipinski definition) is 2. The number of anilines is 1. The van der Waals surface area contributed by atoms with Gasteiger partial charge in [-0.25, -0.2) is 5.48 Å². The van der Waals surface area contributed by atoms with Crippen molar-refractivity contribution in [2.24, 2.45) is 0 Å². The van der Waals surface area contributed by atoms with E-state index in [1.54, 1.807) is 22.9 Å². The lowest BCUT2D eigenvalue weighted by molar-refractivity contribution is -0.129. The number of rotatable bonds is 12. The molecule has 7 heteroatoms. The normalized spacial score (nSPS) is 10.1. The molecule has 0 radical (unpaired) electrons. The molecule has 0 unspecified atom stereocenters. The molecule has 0 aliphatic heterocycles. The van der Waals surface area contributed by atoms with E-state index in [9.17, 15) is 9.59 Å². The van der Waals surface area contributed by atoms with E-state index in [4.69, 9.17) is 9.94 Å². The number of benzene rings is 1. The quantitative estimate of drug-likeness (QED) is 0.250. The molecule has 0 aromatic heterocycles. The maximum atomic E-state index is 12.7. The first-order valence-electron chi connectivity index (χ1n) is 8.38. The van der Waals surface area contributed by atoms with Crippen LogP contribution in [0.1, 0.15) is 32.1 Å². The van der Waals surface area contributed by atoms with Crippen molar-refractivity contribution < 1.29 is 19.5 Å². The Labute approximate surface area is 158 Å². The molecule has 0 atom stereocenters. The Morgan fingerprint density at radius 2 is 1.88 bits per heavy atom. The number of nitrogens with zero attached hydrogens (tertiary/aromatic N) is 1. The number of thioether (sulfide) groups is 1. The second-order valence-electron chi connectivity index (χ2n) is 5.56. The van der Waals surface area contributed by atoms with Crippen molar-refractivity contribution in [2.45, 2.75) is 32.1 Å². The number of hydroxylamine groups is 1. The van der Waals surface area contributed by atoms with Crippen LogP contribution >= 0.6 is 11.8 Å². The Morgan fingerprint density at radius 3 is 2.46 bits per heavy atom. The molecule has 0 heterocycles. The molecule has 0 aliphatic carbocycles. The molecule has 0 fully saturated rings. The lowest BCUT2D eigenvalue weighted by Gasteiger charge is -2.23. The summed E-state index contributed by atoms with van der Waals surface area (Å²) in [7, 11) is 1.59. The Hall–Kier alpha value is -2.25. The summed E-state index contributed by atoms with van der Waals surface area (Å²) in [5.74, 6) is 0.195. The number of methoxy groups -OCH3 is 1. The van der Waals surface area contributed by atoms with Crippen LogP contribution in [0.2, 0.25) is 0 Å². The van der Waals surface area contributed by atoms with Crippen LogP contribution in [0.25, 0.3) is 0 Å². The second kappa shape index (κ2) is 12.2. The molecule has 6 nitrogen and oxygen atoms in total. The molecule has 2 N–H and O–H groups in total. The number of ether oxygens (including phenoxy) is 1. The van der Waals surface area contributed by atoms with Crippen LogP contribution in [0, 0.1) is 0 Å². The summed E-state index contributed by atoms with van der Waals surface area (Å²) in [5.41, 5.74) is 2.40. The first-order chi connectivity index (χ1) is 12.5. The van der Waals surface area contributed by atoms with E-state index in [1.807, 2.05) is 24.3 Å². The molecule has 1 aromatic rings. The summed E-state index contributed by atoms with van der Waals surface area (Å²) in [6.07, 6.45) is 3.51. The third-order valence-corrected chi connectivity index (χ3v) is 4.38. The van der Waals surface area contributed by atoms with Crippen molar-refractivity contribution in [3.05, 3.63) is 47.7 Å². The van der Waals surface area contributed by atoms with Crippen molar-refractivity contribution in [3.8, 4) is 5.75 Å². The topological polar surface area (TPSA) is 78.9 Å². The zero-order valence-electron chi connectivity index (χ0n) is 15.1. The van der Waals surface area contributed by atoms with Crippen molar-refractivity contribution in [2.75, 3.05) is 18.6 Å². The van der Waals surface area contributed by atoms with E-state index in [1.165, 1.54) is 11.8 Å². The fourth-order valence-electron chi connectivity index (χ4n) is 2.38. The lowest BCUT2D eigenvalue weighted by Crippen LogP contribution is -2.32. The average Bonchev–Trinajstić information content (AvgIpc) is 2.67. The highest BCUT2D eigenvalue weighted by atomic mass is 32.2. The fraction of sp³-hybridized carbons (Fsp3) is 0.368. The molecule has 0 saturated carbocycles. The van der Waals surface area contributed by atoms with Gasteiger partial charge in [0.1, 0.15) is 5.75 Å². The van der Waals surface area contributed by atoms with Gasteiger partial charge in [-0.1, -0.05) is 37.8 Å². The van der Waals surface area contributed by atoms with Gasteiger partial charge in [0.2, 0.25) is 5.91 Å². The molecular weight excluding hydrogens is 352 g/mol. The molecule has 0 spiro atoms. The van der Waals surface area contributed by atoms with Crippen LogP contribution in [0.5, 0.6) is 5.75 Å². The largest absolute Gasteiger partial charge is 0.497 e. The molecule has 26 heavy (non-hydrogen) atoms. The van der Waals surface area contributed by atoms with E-state index in [0.717, 1.165) is 30.7 Å². The van der Waals surface area contributed by atoms with Gasteiger partial charge in [-0.15, -0.1) is 0 Å². The van der Waals surface area contributed by atoms with Gasteiger partial charge in [0.25, 0.3) is 5.91 Å². The molecule has 142 valence electrons. The minimum atomic E-state index is -0.377. The number of hydrogen-bond acceptors (Lipinski definition) is 5. The van der Waals surface area contributed by atoms with Gasteiger partial charge in [-0.3, -0.25) is 14.8 Å². The zero-order valence-corrected chi connectivity index (χ0v) is 15.9. The van der Waals surface area contributed by atoms with Crippen LogP contribution in [-0.4, -0.2) is 30.7 Å². The molecule has 0 bridgehead atoms. The number of amides is 2. The van der Waals surface area contributed by atoms with E-state index < -0.39 is 0 Å². The summed E-state index contributed by atoms with van der Waals surface area (Å²) in [6, 6.07) is 7.31. The molecule has 0 aliphatic rings. The Kier molecular flexibility index (Phi) is 10.2. The van der Waals surface area contributed by atoms with Crippen LogP contribution in [0.4, 0.5) is 5.69 Å². The molecule has 2 amide bonds. The van der Waals surface area contributed by atoms with Crippen molar-refractivity contribution in [1.29, 1.82) is 0 Å². The van der Waals surface area contributed by atoms with Crippen LogP contribution in [0.3, 0.4) is 0 Å². The first-order valence-corrected chi connectivity index (χ1v) is 9.26. The Balaban J connectivity index is 2.65. The molecule has 0 saturated heterocycles. The second-order valence-corrected chi connectivity index (χ2v) is 6.62. The standard InChI is InChI=1S/C19H26N2O4S/c1-4-26-15(2)19(23)21(16-10-12-17(25-3)13-11-16)14-8-6-5-7-9-18(22)20-24/h4,10-13,24H,1-2,5-9,14H2,3H3,(H,20,22). The molecule has 1 aromatic carbocycles. The van der Waals surface area contributed by atoms with Crippen molar-refractivity contribution >= 4 is 29.3 Å². The zero-order chi connectivity index (χ0) is 19.4. The van der Waals surface area contributed by atoms with E-state index in [2.05, 4.69) is 13.2 Å². The number of nitrogens with one attached hydrogen (secondary N) is 1. The third-order valence-electron chi connectivity index (χ3n) is 3.75. The average molecular weight is 378 g/mol. The summed E-state index contributed by atoms with van der Waals surface area (Å²) < 4.78 is 5.16. The van der Waals surface area contributed by atoms with Gasteiger partial charge in [-0.05, 0) is 42.5 Å². The highest BCUT2D eigenvalue weighted by Gasteiger charge is 2.18. The van der Waals surface area contributed by atoms with E-state index >= 15 is 0 Å². The number of carbonyl (C=O) groups is 2. The maximum absolute atomic E-state index is 12.7. The van der Waals surface area contributed by atoms with Crippen molar-refractivity contribution in [1.82, 2.24) is 5.48 Å².